The molecule has 0 bridgehead atoms. The summed E-state index contributed by atoms with van der Waals surface area (Å²) in [4.78, 5) is 29.0. The molecule has 1 aromatic rings. The van der Waals surface area contributed by atoms with E-state index in [-0.39, 0.29) is 24.4 Å². The van der Waals surface area contributed by atoms with Crippen molar-refractivity contribution in [1.29, 1.82) is 0 Å². The SMILES string of the molecule is CN=C(NCc1cccc(OCC(N)=O)c1)N1CC(C)C(C(=O)OC)C1. The Morgan fingerprint density at radius 3 is 2.81 bits per heavy atom. The number of rotatable bonds is 6. The van der Waals surface area contributed by atoms with Crippen molar-refractivity contribution in [3.05, 3.63) is 29.8 Å². The smallest absolute Gasteiger partial charge is 0.310 e. The second kappa shape index (κ2) is 9.07. The highest BCUT2D eigenvalue weighted by molar-refractivity contribution is 5.82. The Kier molecular flexibility index (Phi) is 6.82. The van der Waals surface area contributed by atoms with Crippen LogP contribution in [0, 0.1) is 11.8 Å². The summed E-state index contributed by atoms with van der Waals surface area (Å²) in [5.41, 5.74) is 6.06. The number of amides is 1. The number of nitrogens with zero attached hydrogens (tertiary/aromatic N) is 2. The summed E-state index contributed by atoms with van der Waals surface area (Å²) in [6.45, 7) is 3.73. The minimum atomic E-state index is -0.516. The fourth-order valence-electron chi connectivity index (χ4n) is 3.01. The molecule has 1 fully saturated rings. The maximum absolute atomic E-state index is 11.9. The minimum absolute atomic E-state index is 0.149. The molecule has 1 amide bonds. The first kappa shape index (κ1) is 19.6. The molecular formula is C18H26N4O4. The predicted octanol–water partition coefficient (Wildman–Crippen LogP) is 0.367. The second-order valence-corrected chi connectivity index (χ2v) is 6.32. The van der Waals surface area contributed by atoms with Gasteiger partial charge < -0.3 is 25.4 Å². The fourth-order valence-corrected chi connectivity index (χ4v) is 3.01. The van der Waals surface area contributed by atoms with Crippen LogP contribution in [0.4, 0.5) is 0 Å². The van der Waals surface area contributed by atoms with Gasteiger partial charge in [0.1, 0.15) is 5.75 Å². The number of hydrogen-bond donors (Lipinski definition) is 2. The van der Waals surface area contributed by atoms with Crippen LogP contribution < -0.4 is 15.8 Å². The molecule has 2 rings (SSSR count). The van der Waals surface area contributed by atoms with Gasteiger partial charge in [0.15, 0.2) is 12.6 Å². The van der Waals surface area contributed by atoms with E-state index in [4.69, 9.17) is 15.2 Å². The largest absolute Gasteiger partial charge is 0.484 e. The van der Waals surface area contributed by atoms with E-state index in [0.29, 0.717) is 18.8 Å². The highest BCUT2D eigenvalue weighted by Crippen LogP contribution is 2.24. The van der Waals surface area contributed by atoms with E-state index in [1.165, 1.54) is 7.11 Å². The summed E-state index contributed by atoms with van der Waals surface area (Å²) in [6, 6.07) is 7.40. The highest BCUT2D eigenvalue weighted by Gasteiger charge is 2.36. The Hall–Kier alpha value is -2.77. The first-order valence-electron chi connectivity index (χ1n) is 8.48. The quantitative estimate of drug-likeness (QED) is 0.430. The van der Waals surface area contributed by atoms with Gasteiger partial charge in [0.05, 0.1) is 13.0 Å². The summed E-state index contributed by atoms with van der Waals surface area (Å²) >= 11 is 0. The molecule has 0 aliphatic carbocycles. The lowest BCUT2D eigenvalue weighted by Crippen LogP contribution is -2.40. The molecule has 0 saturated carbocycles. The molecule has 0 radical (unpaired) electrons. The van der Waals surface area contributed by atoms with Crippen molar-refractivity contribution in [3.63, 3.8) is 0 Å². The molecule has 0 aromatic heterocycles. The number of nitrogens with two attached hydrogens (primary N) is 1. The molecule has 0 spiro atoms. The molecule has 8 heteroatoms. The number of carbonyl (C=O) groups excluding carboxylic acids is 2. The van der Waals surface area contributed by atoms with Crippen LogP contribution >= 0.6 is 0 Å². The lowest BCUT2D eigenvalue weighted by Gasteiger charge is -2.21. The fraction of sp³-hybridized carbons (Fsp3) is 0.500. The van der Waals surface area contributed by atoms with Crippen molar-refractivity contribution in [1.82, 2.24) is 10.2 Å². The number of ether oxygens (including phenoxy) is 2. The standard InChI is InChI=1S/C18H26N4O4/c1-12-9-22(10-15(12)17(24)25-3)18(20-2)21-8-13-5-4-6-14(7-13)26-11-16(19)23/h4-7,12,15H,8-11H2,1-3H3,(H2,19,23)(H,20,21). The molecule has 2 atom stereocenters. The molecule has 1 heterocycles. The lowest BCUT2D eigenvalue weighted by atomic mass is 9.99. The van der Waals surface area contributed by atoms with E-state index in [2.05, 4.69) is 15.2 Å². The molecule has 1 aromatic carbocycles. The number of benzene rings is 1. The van der Waals surface area contributed by atoms with Gasteiger partial charge >= 0.3 is 5.97 Å². The number of likely N-dealkylation sites (tertiary alicyclic amines) is 1. The van der Waals surface area contributed by atoms with E-state index >= 15 is 0 Å². The van der Waals surface area contributed by atoms with Gasteiger partial charge in [-0.15, -0.1) is 0 Å². The van der Waals surface area contributed by atoms with Crippen molar-refractivity contribution in [2.24, 2.45) is 22.6 Å². The minimum Gasteiger partial charge on any atom is -0.484 e. The predicted molar refractivity (Wildman–Crippen MR) is 97.6 cm³/mol. The zero-order valence-electron chi connectivity index (χ0n) is 15.4. The van der Waals surface area contributed by atoms with Gasteiger partial charge in [-0.3, -0.25) is 14.6 Å². The summed E-state index contributed by atoms with van der Waals surface area (Å²) in [6.07, 6.45) is 0. The molecule has 1 aliphatic rings. The van der Waals surface area contributed by atoms with Gasteiger partial charge in [-0.25, -0.2) is 0 Å². The van der Waals surface area contributed by atoms with Gasteiger partial charge in [-0.2, -0.15) is 0 Å². The maximum Gasteiger partial charge on any atom is 0.310 e. The Bertz CT molecular complexity index is 677. The van der Waals surface area contributed by atoms with Crippen molar-refractivity contribution in [2.75, 3.05) is 33.9 Å². The zero-order valence-corrected chi connectivity index (χ0v) is 15.4. The van der Waals surface area contributed by atoms with E-state index in [9.17, 15) is 9.59 Å². The third-order valence-electron chi connectivity index (χ3n) is 4.36. The topological polar surface area (TPSA) is 106 Å². The van der Waals surface area contributed by atoms with Crippen LogP contribution in [0.2, 0.25) is 0 Å². The van der Waals surface area contributed by atoms with E-state index < -0.39 is 5.91 Å². The molecule has 3 N–H and O–H groups in total. The van der Waals surface area contributed by atoms with Gasteiger partial charge in [0.25, 0.3) is 5.91 Å². The van der Waals surface area contributed by atoms with Crippen molar-refractivity contribution in [2.45, 2.75) is 13.5 Å². The molecule has 2 unspecified atom stereocenters. The number of nitrogens with one attached hydrogen (secondary N) is 1. The van der Waals surface area contributed by atoms with Crippen molar-refractivity contribution < 1.29 is 19.1 Å². The first-order valence-corrected chi connectivity index (χ1v) is 8.48. The van der Waals surface area contributed by atoms with Crippen LogP contribution in [-0.2, 0) is 20.9 Å². The number of hydrogen-bond acceptors (Lipinski definition) is 5. The van der Waals surface area contributed by atoms with Gasteiger partial charge in [-0.1, -0.05) is 19.1 Å². The normalized spacial score (nSPS) is 20.0. The molecular weight excluding hydrogens is 336 g/mol. The highest BCUT2D eigenvalue weighted by atomic mass is 16.5. The van der Waals surface area contributed by atoms with Crippen LogP contribution in [0.15, 0.2) is 29.3 Å². The van der Waals surface area contributed by atoms with Gasteiger partial charge in [-0.05, 0) is 23.6 Å². The number of aliphatic imine (C=N–C) groups is 1. The van der Waals surface area contributed by atoms with Crippen LogP contribution in [0.1, 0.15) is 12.5 Å². The second-order valence-electron chi connectivity index (χ2n) is 6.32. The number of primary amides is 1. The molecule has 142 valence electrons. The molecule has 8 nitrogen and oxygen atoms in total. The number of guanidine groups is 1. The lowest BCUT2D eigenvalue weighted by molar-refractivity contribution is -0.146. The average Bonchev–Trinajstić information content (AvgIpc) is 3.02. The van der Waals surface area contributed by atoms with Crippen molar-refractivity contribution in [3.8, 4) is 5.75 Å². The zero-order chi connectivity index (χ0) is 19.1. The molecule has 26 heavy (non-hydrogen) atoms. The third-order valence-corrected chi connectivity index (χ3v) is 4.36. The Labute approximate surface area is 153 Å². The monoisotopic (exact) mass is 362 g/mol. The average molecular weight is 362 g/mol. The number of esters is 1. The van der Waals surface area contributed by atoms with E-state index in [1.54, 1.807) is 13.1 Å². The molecule has 1 aliphatic heterocycles. The number of carbonyl (C=O) groups is 2. The Balaban J connectivity index is 1.94. The van der Waals surface area contributed by atoms with Crippen LogP contribution in [0.5, 0.6) is 5.75 Å². The maximum atomic E-state index is 11.9. The third kappa shape index (κ3) is 5.11. The summed E-state index contributed by atoms with van der Waals surface area (Å²) in [7, 11) is 3.13. The van der Waals surface area contributed by atoms with Crippen molar-refractivity contribution >= 4 is 17.8 Å². The molecule has 1 saturated heterocycles. The summed E-state index contributed by atoms with van der Waals surface area (Å²) in [5.74, 6) is 0.660. The van der Waals surface area contributed by atoms with Gasteiger partial charge in [0, 0.05) is 26.7 Å². The summed E-state index contributed by atoms with van der Waals surface area (Å²) in [5, 5.41) is 3.29. The van der Waals surface area contributed by atoms with E-state index in [0.717, 1.165) is 18.1 Å². The van der Waals surface area contributed by atoms with Gasteiger partial charge in [0.2, 0.25) is 0 Å². The Morgan fingerprint density at radius 1 is 1.38 bits per heavy atom. The Morgan fingerprint density at radius 2 is 2.15 bits per heavy atom. The van der Waals surface area contributed by atoms with Crippen LogP contribution in [-0.4, -0.2) is 56.6 Å². The van der Waals surface area contributed by atoms with E-state index in [1.807, 2.05) is 25.1 Å². The van der Waals surface area contributed by atoms with Crippen LogP contribution in [0.3, 0.4) is 0 Å². The first-order chi connectivity index (χ1) is 12.4. The van der Waals surface area contributed by atoms with Crippen LogP contribution in [0.25, 0.3) is 0 Å². The summed E-state index contributed by atoms with van der Waals surface area (Å²) < 4.78 is 10.2. The number of methoxy groups -OCH3 is 1.